The van der Waals surface area contributed by atoms with Crippen LogP contribution in [-0.4, -0.2) is 36.1 Å². The molecule has 2 nitrogen and oxygen atoms in total. The first-order chi connectivity index (χ1) is 8.41. The van der Waals surface area contributed by atoms with Crippen LogP contribution in [0.1, 0.15) is 60.8 Å². The van der Waals surface area contributed by atoms with Gasteiger partial charge in [-0.15, -0.1) is 0 Å². The number of hydrogen-bond donors (Lipinski definition) is 1. The van der Waals surface area contributed by atoms with Gasteiger partial charge in [-0.25, -0.2) is 0 Å². The molecule has 108 valence electrons. The molecule has 18 heavy (non-hydrogen) atoms. The molecule has 0 amide bonds. The monoisotopic (exact) mass is 254 g/mol. The third-order valence-corrected chi connectivity index (χ3v) is 4.64. The Hall–Kier alpha value is -0.0800. The molecule has 3 atom stereocenters. The minimum absolute atomic E-state index is 0.317. The molecule has 1 N–H and O–H groups in total. The van der Waals surface area contributed by atoms with Gasteiger partial charge in [0.05, 0.1) is 0 Å². The number of rotatable bonds is 6. The first kappa shape index (κ1) is 16.0. The van der Waals surface area contributed by atoms with Gasteiger partial charge < -0.3 is 5.32 Å². The zero-order chi connectivity index (χ0) is 13.8. The molecule has 1 saturated heterocycles. The number of nitrogens with zero attached hydrogens (tertiary/aromatic N) is 1. The van der Waals surface area contributed by atoms with E-state index in [1.165, 1.54) is 32.4 Å². The molecule has 1 fully saturated rings. The summed E-state index contributed by atoms with van der Waals surface area (Å²) >= 11 is 0. The molecular weight excluding hydrogens is 220 g/mol. The van der Waals surface area contributed by atoms with Crippen molar-refractivity contribution in [1.82, 2.24) is 10.2 Å². The van der Waals surface area contributed by atoms with Crippen LogP contribution in [-0.2, 0) is 0 Å². The lowest BCUT2D eigenvalue weighted by atomic mass is 9.89. The molecule has 0 aliphatic carbocycles. The highest BCUT2D eigenvalue weighted by Gasteiger charge is 2.35. The molecule has 0 saturated carbocycles. The molecule has 3 unspecified atom stereocenters. The lowest BCUT2D eigenvalue weighted by Crippen LogP contribution is -2.64. The van der Waals surface area contributed by atoms with Crippen LogP contribution < -0.4 is 5.32 Å². The minimum atomic E-state index is 0.317. The molecule has 1 aliphatic heterocycles. The minimum Gasteiger partial charge on any atom is -0.309 e. The smallest absolute Gasteiger partial charge is 0.0278 e. The second kappa shape index (κ2) is 6.91. The molecule has 0 bridgehead atoms. The lowest BCUT2D eigenvalue weighted by Gasteiger charge is -2.48. The maximum atomic E-state index is 3.77. The highest BCUT2D eigenvalue weighted by Crippen LogP contribution is 2.24. The SMILES string of the molecule is CCCC(C)CN1CC(C)(CC)NCC1C(C)C. The van der Waals surface area contributed by atoms with Crippen molar-refractivity contribution in [2.45, 2.75) is 72.4 Å². The van der Waals surface area contributed by atoms with Crippen molar-refractivity contribution in [3.63, 3.8) is 0 Å². The fraction of sp³-hybridized carbons (Fsp3) is 1.00. The lowest BCUT2D eigenvalue weighted by molar-refractivity contribution is 0.0481. The van der Waals surface area contributed by atoms with Crippen molar-refractivity contribution in [3.8, 4) is 0 Å². The van der Waals surface area contributed by atoms with Crippen LogP contribution in [0.4, 0.5) is 0 Å². The van der Waals surface area contributed by atoms with Gasteiger partial charge in [0.1, 0.15) is 0 Å². The fourth-order valence-corrected chi connectivity index (χ4v) is 3.18. The van der Waals surface area contributed by atoms with Gasteiger partial charge in [0.15, 0.2) is 0 Å². The molecule has 1 rings (SSSR count). The van der Waals surface area contributed by atoms with Gasteiger partial charge in [-0.2, -0.15) is 0 Å². The van der Waals surface area contributed by atoms with Gasteiger partial charge in [0.25, 0.3) is 0 Å². The van der Waals surface area contributed by atoms with Gasteiger partial charge in [-0.3, -0.25) is 4.90 Å². The van der Waals surface area contributed by atoms with E-state index >= 15 is 0 Å². The van der Waals surface area contributed by atoms with E-state index in [4.69, 9.17) is 0 Å². The second-order valence-corrected chi connectivity index (χ2v) is 6.93. The Morgan fingerprint density at radius 3 is 2.44 bits per heavy atom. The fourth-order valence-electron chi connectivity index (χ4n) is 3.18. The van der Waals surface area contributed by atoms with Crippen molar-refractivity contribution >= 4 is 0 Å². The molecule has 0 aromatic rings. The number of piperazine rings is 1. The van der Waals surface area contributed by atoms with E-state index in [9.17, 15) is 0 Å². The molecule has 0 aromatic heterocycles. The number of nitrogens with one attached hydrogen (secondary N) is 1. The summed E-state index contributed by atoms with van der Waals surface area (Å²) in [6, 6.07) is 0.712. The molecular formula is C16H34N2. The van der Waals surface area contributed by atoms with Crippen LogP contribution in [0.25, 0.3) is 0 Å². The van der Waals surface area contributed by atoms with E-state index in [0.717, 1.165) is 18.4 Å². The largest absolute Gasteiger partial charge is 0.309 e. The summed E-state index contributed by atoms with van der Waals surface area (Å²) in [6.07, 6.45) is 3.89. The van der Waals surface area contributed by atoms with Gasteiger partial charge in [-0.1, -0.05) is 41.0 Å². The first-order valence-corrected chi connectivity index (χ1v) is 7.91. The van der Waals surface area contributed by atoms with Crippen molar-refractivity contribution in [2.75, 3.05) is 19.6 Å². The standard InChI is InChI=1S/C16H34N2/c1-7-9-14(5)11-18-12-16(6,8-2)17-10-15(18)13(3)4/h13-15,17H,7-12H2,1-6H3. The molecule has 0 spiro atoms. The van der Waals surface area contributed by atoms with Gasteiger partial charge in [-0.05, 0) is 31.6 Å². The predicted octanol–water partition coefficient (Wildman–Crippen LogP) is 3.52. The Labute approximate surface area is 115 Å². The maximum Gasteiger partial charge on any atom is 0.0278 e. The zero-order valence-electron chi connectivity index (χ0n) is 13.4. The van der Waals surface area contributed by atoms with E-state index in [0.29, 0.717) is 11.6 Å². The predicted molar refractivity (Wildman–Crippen MR) is 81.0 cm³/mol. The van der Waals surface area contributed by atoms with Gasteiger partial charge in [0, 0.05) is 31.2 Å². The molecule has 1 aliphatic rings. The third kappa shape index (κ3) is 4.24. The molecule has 0 radical (unpaired) electrons. The third-order valence-electron chi connectivity index (χ3n) is 4.64. The molecule has 2 heteroatoms. The summed E-state index contributed by atoms with van der Waals surface area (Å²) in [5, 5.41) is 3.77. The van der Waals surface area contributed by atoms with Crippen LogP contribution >= 0.6 is 0 Å². The van der Waals surface area contributed by atoms with Crippen LogP contribution in [0.3, 0.4) is 0 Å². The van der Waals surface area contributed by atoms with Crippen molar-refractivity contribution in [3.05, 3.63) is 0 Å². The molecule has 0 aromatic carbocycles. The van der Waals surface area contributed by atoms with Crippen molar-refractivity contribution in [1.29, 1.82) is 0 Å². The number of hydrogen-bond acceptors (Lipinski definition) is 2. The highest BCUT2D eigenvalue weighted by atomic mass is 15.3. The Balaban J connectivity index is 2.66. The zero-order valence-corrected chi connectivity index (χ0v) is 13.4. The van der Waals surface area contributed by atoms with Gasteiger partial charge in [0.2, 0.25) is 0 Å². The summed E-state index contributed by atoms with van der Waals surface area (Å²) in [5.41, 5.74) is 0.317. The Kier molecular flexibility index (Phi) is 6.13. The summed E-state index contributed by atoms with van der Waals surface area (Å²) in [4.78, 5) is 2.75. The Morgan fingerprint density at radius 2 is 1.94 bits per heavy atom. The van der Waals surface area contributed by atoms with Crippen LogP contribution in [0.5, 0.6) is 0 Å². The van der Waals surface area contributed by atoms with E-state index in [-0.39, 0.29) is 0 Å². The van der Waals surface area contributed by atoms with Crippen molar-refractivity contribution in [2.24, 2.45) is 11.8 Å². The van der Waals surface area contributed by atoms with E-state index in [2.05, 4.69) is 51.8 Å². The highest BCUT2D eigenvalue weighted by molar-refractivity contribution is 4.95. The van der Waals surface area contributed by atoms with Crippen LogP contribution in [0.2, 0.25) is 0 Å². The Bertz CT molecular complexity index is 239. The second-order valence-electron chi connectivity index (χ2n) is 6.93. The van der Waals surface area contributed by atoms with Gasteiger partial charge >= 0.3 is 0 Å². The first-order valence-electron chi connectivity index (χ1n) is 7.91. The molecule has 1 heterocycles. The topological polar surface area (TPSA) is 15.3 Å². The van der Waals surface area contributed by atoms with E-state index in [1.54, 1.807) is 0 Å². The average molecular weight is 254 g/mol. The van der Waals surface area contributed by atoms with Crippen LogP contribution in [0.15, 0.2) is 0 Å². The summed E-state index contributed by atoms with van der Waals surface area (Å²) in [6.45, 7) is 17.7. The maximum absolute atomic E-state index is 3.77. The summed E-state index contributed by atoms with van der Waals surface area (Å²) in [5.74, 6) is 1.57. The van der Waals surface area contributed by atoms with E-state index in [1.807, 2.05) is 0 Å². The summed E-state index contributed by atoms with van der Waals surface area (Å²) < 4.78 is 0. The summed E-state index contributed by atoms with van der Waals surface area (Å²) in [7, 11) is 0. The quantitative estimate of drug-likeness (QED) is 0.780. The Morgan fingerprint density at radius 1 is 1.28 bits per heavy atom. The normalized spacial score (nSPS) is 31.8. The average Bonchev–Trinajstić information content (AvgIpc) is 2.29. The van der Waals surface area contributed by atoms with E-state index < -0.39 is 0 Å². The van der Waals surface area contributed by atoms with Crippen molar-refractivity contribution < 1.29 is 0 Å². The van der Waals surface area contributed by atoms with Crippen LogP contribution in [0, 0.1) is 11.8 Å².